The lowest BCUT2D eigenvalue weighted by Gasteiger charge is -2.25. The predicted octanol–water partition coefficient (Wildman–Crippen LogP) is 2.91. The van der Waals surface area contributed by atoms with Gasteiger partial charge in [-0.1, -0.05) is 28.1 Å². The van der Waals surface area contributed by atoms with Crippen molar-refractivity contribution in [3.63, 3.8) is 0 Å². The van der Waals surface area contributed by atoms with Gasteiger partial charge in [-0.3, -0.25) is 9.59 Å². The average molecular weight is 541 g/mol. The lowest BCUT2D eigenvalue weighted by molar-refractivity contribution is -0.166. The quantitative estimate of drug-likeness (QED) is 0.422. The normalized spacial score (nSPS) is 17.3. The molecule has 2 atom stereocenters. The molecule has 2 aromatic rings. The molecule has 1 heterocycles. The van der Waals surface area contributed by atoms with Crippen molar-refractivity contribution in [1.82, 2.24) is 4.72 Å². The highest BCUT2D eigenvalue weighted by molar-refractivity contribution is 9.10. The molecule has 2 unspecified atom stereocenters. The monoisotopic (exact) mass is 540 g/mol. The molecule has 0 radical (unpaired) electrons. The fourth-order valence-electron chi connectivity index (χ4n) is 3.19. The number of carboxylic acids is 1. The van der Waals surface area contributed by atoms with Gasteiger partial charge in [-0.25, -0.2) is 8.42 Å². The topological polar surface area (TPSA) is 131 Å². The molecular weight excluding hydrogens is 516 g/mol. The van der Waals surface area contributed by atoms with E-state index in [1.165, 1.54) is 12.1 Å². The summed E-state index contributed by atoms with van der Waals surface area (Å²) in [6.45, 7) is 0.332. The van der Waals surface area contributed by atoms with Gasteiger partial charge in [0.2, 0.25) is 15.9 Å². The van der Waals surface area contributed by atoms with Crippen LogP contribution in [0.25, 0.3) is 0 Å². The van der Waals surface area contributed by atoms with E-state index >= 15 is 0 Å². The molecule has 9 nitrogen and oxygen atoms in total. The van der Waals surface area contributed by atoms with Gasteiger partial charge in [0.25, 0.3) is 0 Å². The third-order valence-corrected chi connectivity index (χ3v) is 6.92. The first-order valence-corrected chi connectivity index (χ1v) is 12.6. The lowest BCUT2D eigenvalue weighted by Crippen LogP contribution is -2.47. The highest BCUT2D eigenvalue weighted by atomic mass is 79.9. The van der Waals surface area contributed by atoms with Crippen LogP contribution in [0.1, 0.15) is 24.8 Å². The number of rotatable bonds is 10. The number of halogens is 1. The Balaban J connectivity index is 1.72. The second kappa shape index (κ2) is 11.7. The zero-order valence-electron chi connectivity index (χ0n) is 17.7. The first kappa shape index (κ1) is 25.3. The maximum Gasteiger partial charge on any atom is 0.307 e. The Kier molecular flexibility index (Phi) is 8.98. The average Bonchev–Trinajstić information content (AvgIpc) is 2.78. The summed E-state index contributed by atoms with van der Waals surface area (Å²) in [6.07, 6.45) is 1.88. The molecule has 11 heteroatoms. The second-order valence-electron chi connectivity index (χ2n) is 7.51. The van der Waals surface area contributed by atoms with Crippen molar-refractivity contribution in [2.75, 3.05) is 18.5 Å². The van der Waals surface area contributed by atoms with Gasteiger partial charge >= 0.3 is 5.97 Å². The van der Waals surface area contributed by atoms with Gasteiger partial charge in [0.05, 0.1) is 17.9 Å². The third-order valence-electron chi connectivity index (χ3n) is 4.90. The van der Waals surface area contributed by atoms with Crippen molar-refractivity contribution in [2.45, 2.75) is 42.9 Å². The highest BCUT2D eigenvalue weighted by Crippen LogP contribution is 2.17. The summed E-state index contributed by atoms with van der Waals surface area (Å²) >= 11 is 3.26. The van der Waals surface area contributed by atoms with E-state index in [2.05, 4.69) is 26.0 Å². The zero-order valence-corrected chi connectivity index (χ0v) is 20.1. The number of amides is 1. The van der Waals surface area contributed by atoms with Crippen molar-refractivity contribution in [1.29, 1.82) is 0 Å². The number of carbonyl (C=O) groups excluding carboxylic acids is 1. The molecule has 3 rings (SSSR count). The summed E-state index contributed by atoms with van der Waals surface area (Å²) in [7, 11) is -4.00. The third kappa shape index (κ3) is 7.90. The summed E-state index contributed by atoms with van der Waals surface area (Å²) in [5, 5.41) is 11.5. The van der Waals surface area contributed by atoms with Crippen LogP contribution in [-0.4, -0.2) is 50.9 Å². The number of hydrogen-bond acceptors (Lipinski definition) is 6. The molecule has 0 bridgehead atoms. The summed E-state index contributed by atoms with van der Waals surface area (Å²) < 4.78 is 40.1. The molecule has 1 aliphatic rings. The second-order valence-corrected chi connectivity index (χ2v) is 10.1. The van der Waals surface area contributed by atoms with Crippen LogP contribution in [-0.2, 0) is 35.5 Å². The number of benzene rings is 2. The number of ether oxygens (including phenoxy) is 2. The Morgan fingerprint density at radius 3 is 2.42 bits per heavy atom. The van der Waals surface area contributed by atoms with E-state index in [1.807, 2.05) is 0 Å². The van der Waals surface area contributed by atoms with Crippen LogP contribution in [0, 0.1) is 0 Å². The van der Waals surface area contributed by atoms with Gasteiger partial charge in [-0.05, 0) is 61.2 Å². The zero-order chi connectivity index (χ0) is 23.8. The van der Waals surface area contributed by atoms with E-state index < -0.39 is 34.2 Å². The Hall–Kier alpha value is -2.31. The van der Waals surface area contributed by atoms with Crippen molar-refractivity contribution >= 4 is 43.5 Å². The lowest BCUT2D eigenvalue weighted by atomic mass is 10.1. The fraction of sp³-hybridized carbons (Fsp3) is 0.364. The van der Waals surface area contributed by atoms with Crippen molar-refractivity contribution in [3.05, 3.63) is 58.6 Å². The van der Waals surface area contributed by atoms with Gasteiger partial charge in [0.15, 0.2) is 6.29 Å². The van der Waals surface area contributed by atoms with Crippen molar-refractivity contribution < 1.29 is 32.6 Å². The molecule has 3 N–H and O–H groups in total. The molecule has 0 aliphatic carbocycles. The first-order valence-electron chi connectivity index (χ1n) is 10.4. The van der Waals surface area contributed by atoms with E-state index in [1.54, 1.807) is 36.4 Å². The number of anilines is 1. The Morgan fingerprint density at radius 1 is 1.12 bits per heavy atom. The molecule has 178 valence electrons. The van der Waals surface area contributed by atoms with Crippen LogP contribution in [0.15, 0.2) is 57.9 Å². The van der Waals surface area contributed by atoms with Gasteiger partial charge < -0.3 is 19.9 Å². The molecule has 1 fully saturated rings. The van der Waals surface area contributed by atoms with Gasteiger partial charge in [0, 0.05) is 16.8 Å². The molecule has 33 heavy (non-hydrogen) atoms. The molecule has 1 saturated heterocycles. The van der Waals surface area contributed by atoms with Crippen LogP contribution >= 0.6 is 15.9 Å². The minimum Gasteiger partial charge on any atom is -0.481 e. The molecule has 0 aromatic heterocycles. The number of sulfonamides is 1. The summed E-state index contributed by atoms with van der Waals surface area (Å²) in [5.74, 6) is -1.58. The molecule has 2 aromatic carbocycles. The number of aliphatic carboxylic acids is 1. The molecule has 0 saturated carbocycles. The number of nitrogens with one attached hydrogen (secondary N) is 2. The molecule has 1 aliphatic heterocycles. The summed E-state index contributed by atoms with van der Waals surface area (Å²) in [4.78, 5) is 23.8. The predicted molar refractivity (Wildman–Crippen MR) is 124 cm³/mol. The SMILES string of the molecule is O=C(O)Cc1ccc(NC(=O)C(COC2CCCCO2)NS(=O)(=O)c2ccc(Br)cc2)cc1. The largest absolute Gasteiger partial charge is 0.481 e. The number of carboxylic acid groups (broad SMARTS) is 1. The van der Waals surface area contributed by atoms with E-state index in [4.69, 9.17) is 14.6 Å². The summed E-state index contributed by atoms with van der Waals surface area (Å²) in [5.41, 5.74) is 0.974. The van der Waals surface area contributed by atoms with E-state index in [9.17, 15) is 18.0 Å². The van der Waals surface area contributed by atoms with Gasteiger partial charge in [-0.2, -0.15) is 4.72 Å². The minimum absolute atomic E-state index is 0.00967. The van der Waals surface area contributed by atoms with Crippen LogP contribution < -0.4 is 10.0 Å². The Morgan fingerprint density at radius 2 is 1.82 bits per heavy atom. The van der Waals surface area contributed by atoms with Crippen LogP contribution in [0.2, 0.25) is 0 Å². The van der Waals surface area contributed by atoms with Crippen LogP contribution in [0.3, 0.4) is 0 Å². The fourth-order valence-corrected chi connectivity index (χ4v) is 4.63. The maximum absolute atomic E-state index is 13.0. The van der Waals surface area contributed by atoms with Gasteiger partial charge in [-0.15, -0.1) is 0 Å². The first-order chi connectivity index (χ1) is 15.7. The number of hydrogen-bond donors (Lipinski definition) is 3. The van der Waals surface area contributed by atoms with Crippen molar-refractivity contribution in [3.8, 4) is 0 Å². The van der Waals surface area contributed by atoms with Crippen LogP contribution in [0.4, 0.5) is 5.69 Å². The summed E-state index contributed by atoms with van der Waals surface area (Å²) in [6, 6.07) is 11.1. The Labute approximate surface area is 200 Å². The van der Waals surface area contributed by atoms with E-state index in [-0.39, 0.29) is 17.9 Å². The smallest absolute Gasteiger partial charge is 0.307 e. The molecule has 1 amide bonds. The molecular formula is C22H25BrN2O7S. The number of carbonyl (C=O) groups is 2. The van der Waals surface area contributed by atoms with Crippen LogP contribution in [0.5, 0.6) is 0 Å². The maximum atomic E-state index is 13.0. The standard InChI is InChI=1S/C22H25BrN2O7S/c23-16-6-10-18(11-7-16)33(29,30)25-19(14-32-21-3-1-2-12-31-21)22(28)24-17-8-4-15(5-9-17)13-20(26)27/h4-11,19,21,25H,1-3,12-14H2,(H,24,28)(H,26,27). The minimum atomic E-state index is -4.00. The van der Waals surface area contributed by atoms with E-state index in [0.29, 0.717) is 24.3 Å². The highest BCUT2D eigenvalue weighted by Gasteiger charge is 2.28. The van der Waals surface area contributed by atoms with E-state index in [0.717, 1.165) is 17.3 Å². The molecule has 0 spiro atoms. The Bertz CT molecular complexity index is 1050. The van der Waals surface area contributed by atoms with Gasteiger partial charge in [0.1, 0.15) is 6.04 Å². The van der Waals surface area contributed by atoms with Crippen molar-refractivity contribution in [2.24, 2.45) is 0 Å².